The number of sulfone groups is 1. The van der Waals surface area contributed by atoms with E-state index in [0.29, 0.717) is 18.9 Å². The Morgan fingerprint density at radius 2 is 1.89 bits per heavy atom. The molecule has 4 nitrogen and oxygen atoms in total. The summed E-state index contributed by atoms with van der Waals surface area (Å²) in [6, 6.07) is 0. The van der Waals surface area contributed by atoms with Crippen LogP contribution in [0.2, 0.25) is 0 Å². The molecule has 0 saturated heterocycles. The number of aliphatic hydroxyl groups is 1. The normalized spacial score (nSPS) is 25.6. The highest BCUT2D eigenvalue weighted by Crippen LogP contribution is 2.24. The van der Waals surface area contributed by atoms with Gasteiger partial charge in [-0.2, -0.15) is 0 Å². The molecule has 1 saturated carbocycles. The Bertz CT molecular complexity index is 329. The molecule has 1 fully saturated rings. The number of hydrogen-bond acceptors (Lipinski definition) is 4. The van der Waals surface area contributed by atoms with Crippen molar-refractivity contribution in [2.45, 2.75) is 45.1 Å². The first-order valence-corrected chi connectivity index (χ1v) is 8.84. The zero-order valence-corrected chi connectivity index (χ0v) is 12.5. The lowest BCUT2D eigenvalue weighted by Gasteiger charge is -2.31. The molecule has 1 N–H and O–H groups in total. The Kier molecular flexibility index (Phi) is 6.60. The van der Waals surface area contributed by atoms with Gasteiger partial charge in [0.05, 0.1) is 11.9 Å². The van der Waals surface area contributed by atoms with Crippen molar-refractivity contribution in [1.29, 1.82) is 0 Å². The third-order valence-electron chi connectivity index (χ3n) is 3.71. The lowest BCUT2D eigenvalue weighted by molar-refractivity contribution is 0.0525. The third kappa shape index (κ3) is 5.67. The quantitative estimate of drug-likeness (QED) is 0.762. The molecule has 0 radical (unpaired) electrons. The van der Waals surface area contributed by atoms with Crippen molar-refractivity contribution in [3.63, 3.8) is 0 Å². The molecule has 5 heteroatoms. The van der Waals surface area contributed by atoms with Crippen LogP contribution >= 0.6 is 0 Å². The van der Waals surface area contributed by atoms with Crippen LogP contribution in [0.4, 0.5) is 0 Å². The fourth-order valence-electron chi connectivity index (χ4n) is 2.60. The molecule has 0 aromatic carbocycles. The van der Waals surface area contributed by atoms with Crippen molar-refractivity contribution < 1.29 is 13.5 Å². The maximum atomic E-state index is 11.6. The highest BCUT2D eigenvalue weighted by atomic mass is 32.2. The Labute approximate surface area is 111 Å². The summed E-state index contributed by atoms with van der Waals surface area (Å²) in [5.74, 6) is 0.838. The number of hydrogen-bond donors (Lipinski definition) is 1. The molecule has 1 aliphatic carbocycles. The summed E-state index contributed by atoms with van der Waals surface area (Å²) in [6.45, 7) is 3.27. The number of aliphatic hydroxyl groups excluding tert-OH is 1. The minimum Gasteiger partial charge on any atom is -0.393 e. The first-order valence-electron chi connectivity index (χ1n) is 7.01. The average molecular weight is 277 g/mol. The average Bonchev–Trinajstić information content (AvgIpc) is 2.30. The van der Waals surface area contributed by atoms with Crippen molar-refractivity contribution >= 4 is 9.84 Å². The van der Waals surface area contributed by atoms with Gasteiger partial charge in [0.1, 0.15) is 0 Å². The molecule has 0 spiro atoms. The minimum absolute atomic E-state index is 0.201. The molecule has 0 aliphatic heterocycles. The predicted molar refractivity (Wildman–Crippen MR) is 74.4 cm³/mol. The van der Waals surface area contributed by atoms with Gasteiger partial charge in [-0.25, -0.2) is 8.42 Å². The van der Waals surface area contributed by atoms with Gasteiger partial charge < -0.3 is 10.0 Å². The topological polar surface area (TPSA) is 57.6 Å². The van der Waals surface area contributed by atoms with Crippen LogP contribution in [-0.4, -0.2) is 56.2 Å². The molecular weight excluding hydrogens is 250 g/mol. The molecule has 2 atom stereocenters. The largest absolute Gasteiger partial charge is 0.393 e. The number of rotatable bonds is 7. The molecule has 1 rings (SSSR count). The molecule has 0 heterocycles. The zero-order valence-electron chi connectivity index (χ0n) is 11.6. The van der Waals surface area contributed by atoms with Gasteiger partial charge in [-0.05, 0) is 32.2 Å². The highest BCUT2D eigenvalue weighted by Gasteiger charge is 2.24. The van der Waals surface area contributed by atoms with Crippen molar-refractivity contribution in [2.24, 2.45) is 5.92 Å². The van der Waals surface area contributed by atoms with Crippen LogP contribution in [0.1, 0.15) is 39.0 Å². The monoisotopic (exact) mass is 277 g/mol. The van der Waals surface area contributed by atoms with Crippen molar-refractivity contribution in [3.05, 3.63) is 0 Å². The highest BCUT2D eigenvalue weighted by molar-refractivity contribution is 7.91. The maximum absolute atomic E-state index is 11.6. The Morgan fingerprint density at radius 3 is 2.50 bits per heavy atom. The molecule has 0 bridgehead atoms. The molecule has 18 heavy (non-hydrogen) atoms. The van der Waals surface area contributed by atoms with Crippen LogP contribution < -0.4 is 0 Å². The summed E-state index contributed by atoms with van der Waals surface area (Å²) in [7, 11) is -0.938. The first-order chi connectivity index (χ1) is 8.44. The Hall–Kier alpha value is -0.130. The second-order valence-electron chi connectivity index (χ2n) is 5.53. The van der Waals surface area contributed by atoms with Crippen molar-refractivity contribution in [3.8, 4) is 0 Å². The summed E-state index contributed by atoms with van der Waals surface area (Å²) in [5.41, 5.74) is 0. The van der Waals surface area contributed by atoms with Crippen LogP contribution in [0.3, 0.4) is 0 Å². The van der Waals surface area contributed by atoms with E-state index in [1.54, 1.807) is 0 Å². The summed E-state index contributed by atoms with van der Waals surface area (Å²) >= 11 is 0. The van der Waals surface area contributed by atoms with Gasteiger partial charge in [-0.15, -0.1) is 0 Å². The predicted octanol–water partition coefficient (Wildman–Crippen LogP) is 1.29. The van der Waals surface area contributed by atoms with Crippen molar-refractivity contribution in [1.82, 2.24) is 4.90 Å². The third-order valence-corrected chi connectivity index (χ3v) is 5.55. The second-order valence-corrected chi connectivity index (χ2v) is 7.83. The van der Waals surface area contributed by atoms with E-state index in [1.165, 1.54) is 6.42 Å². The van der Waals surface area contributed by atoms with E-state index in [-0.39, 0.29) is 17.6 Å². The van der Waals surface area contributed by atoms with Gasteiger partial charge in [-0.3, -0.25) is 0 Å². The van der Waals surface area contributed by atoms with Crippen LogP contribution in [0.25, 0.3) is 0 Å². The molecule has 0 aromatic rings. The van der Waals surface area contributed by atoms with E-state index in [0.717, 1.165) is 25.8 Å². The Morgan fingerprint density at radius 1 is 1.22 bits per heavy atom. The fourth-order valence-corrected chi connectivity index (χ4v) is 4.02. The van der Waals surface area contributed by atoms with Crippen LogP contribution in [0.5, 0.6) is 0 Å². The summed E-state index contributed by atoms with van der Waals surface area (Å²) in [6.07, 6.45) is 4.75. The van der Waals surface area contributed by atoms with E-state index in [1.807, 2.05) is 18.9 Å². The molecule has 0 amide bonds. The minimum atomic E-state index is -2.89. The van der Waals surface area contributed by atoms with E-state index >= 15 is 0 Å². The van der Waals surface area contributed by atoms with Crippen LogP contribution in [0, 0.1) is 5.92 Å². The SMILES string of the molecule is CCCS(=O)(=O)CCN(C)CC1CCCCC1O. The Balaban J connectivity index is 2.30. The fraction of sp³-hybridized carbons (Fsp3) is 1.00. The van der Waals surface area contributed by atoms with E-state index in [2.05, 4.69) is 0 Å². The summed E-state index contributed by atoms with van der Waals surface area (Å²) in [5, 5.41) is 9.89. The molecular formula is C13H27NO3S. The van der Waals surface area contributed by atoms with E-state index in [4.69, 9.17) is 0 Å². The van der Waals surface area contributed by atoms with Gasteiger partial charge >= 0.3 is 0 Å². The van der Waals surface area contributed by atoms with Crippen molar-refractivity contribution in [2.75, 3.05) is 31.6 Å². The number of nitrogens with zero attached hydrogens (tertiary/aromatic N) is 1. The van der Waals surface area contributed by atoms with E-state index < -0.39 is 9.84 Å². The molecule has 0 aromatic heterocycles. The summed E-state index contributed by atoms with van der Waals surface area (Å²) < 4.78 is 23.2. The van der Waals surface area contributed by atoms with Crippen LogP contribution in [-0.2, 0) is 9.84 Å². The second kappa shape index (κ2) is 7.46. The lowest BCUT2D eigenvalue weighted by atomic mass is 9.86. The molecule has 2 unspecified atom stereocenters. The standard InChI is InChI=1S/C13H27NO3S/c1-3-9-18(16,17)10-8-14(2)11-12-6-4-5-7-13(12)15/h12-13,15H,3-11H2,1-2H3. The van der Waals surface area contributed by atoms with E-state index in [9.17, 15) is 13.5 Å². The van der Waals surface area contributed by atoms with Gasteiger partial charge in [0.2, 0.25) is 0 Å². The lowest BCUT2D eigenvalue weighted by Crippen LogP contribution is -2.37. The zero-order chi connectivity index (χ0) is 13.6. The first kappa shape index (κ1) is 15.9. The summed E-state index contributed by atoms with van der Waals surface area (Å²) in [4.78, 5) is 2.05. The van der Waals surface area contributed by atoms with Crippen LogP contribution in [0.15, 0.2) is 0 Å². The van der Waals surface area contributed by atoms with Gasteiger partial charge in [-0.1, -0.05) is 19.8 Å². The molecule has 108 valence electrons. The maximum Gasteiger partial charge on any atom is 0.151 e. The molecule has 1 aliphatic rings. The van der Waals surface area contributed by atoms with Gasteiger partial charge in [0, 0.05) is 18.8 Å². The van der Waals surface area contributed by atoms with Gasteiger partial charge in [0.25, 0.3) is 0 Å². The van der Waals surface area contributed by atoms with Gasteiger partial charge in [0.15, 0.2) is 9.84 Å². The smallest absolute Gasteiger partial charge is 0.151 e.